The Morgan fingerprint density at radius 2 is 2.29 bits per heavy atom. The number of carbonyl (C=O) groups is 1. The molecule has 0 atom stereocenters. The molecule has 0 saturated carbocycles. The molecular weight excluding hydrogens is 324 g/mol. The zero-order valence-electron chi connectivity index (χ0n) is 13.4. The first-order chi connectivity index (χ1) is 11.8. The average Bonchev–Trinajstić information content (AvgIpc) is 3.26. The molecular formula is C17H18N4O2S. The Morgan fingerprint density at radius 1 is 1.38 bits per heavy atom. The lowest BCUT2D eigenvalue weighted by Crippen LogP contribution is -2.26. The van der Waals surface area contributed by atoms with Crippen LogP contribution in [0.3, 0.4) is 0 Å². The Bertz CT molecular complexity index is 798. The van der Waals surface area contributed by atoms with Crippen molar-refractivity contribution in [2.24, 2.45) is 0 Å². The topological polar surface area (TPSA) is 80.9 Å². The van der Waals surface area contributed by atoms with Crippen molar-refractivity contribution in [1.29, 1.82) is 0 Å². The Hall–Kier alpha value is -2.54. The maximum absolute atomic E-state index is 12.0. The predicted octanol–water partition coefficient (Wildman–Crippen LogP) is 3.12. The van der Waals surface area contributed by atoms with Gasteiger partial charge in [0.05, 0.1) is 5.69 Å². The van der Waals surface area contributed by atoms with Crippen LogP contribution in [0.15, 0.2) is 40.5 Å². The van der Waals surface area contributed by atoms with E-state index in [9.17, 15) is 4.79 Å². The molecule has 24 heavy (non-hydrogen) atoms. The minimum Gasteiger partial charge on any atom is -0.361 e. The molecule has 3 aromatic heterocycles. The third-order valence-electron chi connectivity index (χ3n) is 3.41. The standard InChI is InChI=1S/C17H18N4O2S/c1-2-4-14-9-15(21-23-14)16(22)19-8-6-13-11-24-17(20-13)12-5-3-7-18-10-12/h3,5,7,9-11H,2,4,6,8H2,1H3,(H,19,22). The van der Waals surface area contributed by atoms with Gasteiger partial charge in [0.1, 0.15) is 10.8 Å². The van der Waals surface area contributed by atoms with Crippen LogP contribution in [0.1, 0.15) is 35.3 Å². The predicted molar refractivity (Wildman–Crippen MR) is 91.9 cm³/mol. The maximum atomic E-state index is 12.0. The van der Waals surface area contributed by atoms with E-state index in [2.05, 4.69) is 27.4 Å². The summed E-state index contributed by atoms with van der Waals surface area (Å²) < 4.78 is 5.12. The maximum Gasteiger partial charge on any atom is 0.273 e. The minimum absolute atomic E-state index is 0.219. The largest absolute Gasteiger partial charge is 0.361 e. The van der Waals surface area contributed by atoms with E-state index in [0.717, 1.165) is 34.9 Å². The van der Waals surface area contributed by atoms with Gasteiger partial charge in [-0.05, 0) is 18.6 Å². The van der Waals surface area contributed by atoms with Crippen LogP contribution in [0.25, 0.3) is 10.6 Å². The molecule has 0 saturated heterocycles. The van der Waals surface area contributed by atoms with Crippen molar-refractivity contribution in [1.82, 2.24) is 20.4 Å². The molecule has 3 rings (SSSR count). The van der Waals surface area contributed by atoms with Gasteiger partial charge in [-0.2, -0.15) is 0 Å². The summed E-state index contributed by atoms with van der Waals surface area (Å²) >= 11 is 1.58. The molecule has 7 heteroatoms. The highest BCUT2D eigenvalue weighted by molar-refractivity contribution is 7.13. The zero-order valence-corrected chi connectivity index (χ0v) is 14.2. The molecule has 0 unspecified atom stereocenters. The number of thiazole rings is 1. The molecule has 1 N–H and O–H groups in total. The van der Waals surface area contributed by atoms with Crippen molar-refractivity contribution in [3.05, 3.63) is 53.1 Å². The number of amides is 1. The fourth-order valence-corrected chi connectivity index (χ4v) is 3.07. The summed E-state index contributed by atoms with van der Waals surface area (Å²) in [6, 6.07) is 5.57. The molecule has 1 amide bonds. The second kappa shape index (κ2) is 7.83. The van der Waals surface area contributed by atoms with Crippen LogP contribution in [-0.2, 0) is 12.8 Å². The van der Waals surface area contributed by atoms with Gasteiger partial charge in [-0.3, -0.25) is 9.78 Å². The highest BCUT2D eigenvalue weighted by Crippen LogP contribution is 2.22. The number of carbonyl (C=O) groups excluding carboxylic acids is 1. The molecule has 0 bridgehead atoms. The van der Waals surface area contributed by atoms with Gasteiger partial charge in [0.15, 0.2) is 5.69 Å². The van der Waals surface area contributed by atoms with Gasteiger partial charge in [0, 0.05) is 48.8 Å². The highest BCUT2D eigenvalue weighted by Gasteiger charge is 2.12. The van der Waals surface area contributed by atoms with E-state index in [1.165, 1.54) is 0 Å². The van der Waals surface area contributed by atoms with Crippen LogP contribution >= 0.6 is 11.3 Å². The summed E-state index contributed by atoms with van der Waals surface area (Å²) in [7, 11) is 0. The van der Waals surface area contributed by atoms with Crippen molar-refractivity contribution in [3.63, 3.8) is 0 Å². The van der Waals surface area contributed by atoms with Gasteiger partial charge < -0.3 is 9.84 Å². The molecule has 0 fully saturated rings. The van der Waals surface area contributed by atoms with E-state index < -0.39 is 0 Å². The molecule has 0 aromatic carbocycles. The SMILES string of the molecule is CCCc1cc(C(=O)NCCc2csc(-c3cccnc3)n2)no1. The number of hydrogen-bond donors (Lipinski definition) is 1. The molecule has 0 aliphatic rings. The quantitative estimate of drug-likeness (QED) is 0.713. The number of aryl methyl sites for hydroxylation is 1. The molecule has 6 nitrogen and oxygen atoms in total. The van der Waals surface area contributed by atoms with Gasteiger partial charge in [0.25, 0.3) is 5.91 Å². The second-order valence-electron chi connectivity index (χ2n) is 5.32. The van der Waals surface area contributed by atoms with E-state index in [0.29, 0.717) is 18.7 Å². The Morgan fingerprint density at radius 3 is 3.08 bits per heavy atom. The van der Waals surface area contributed by atoms with E-state index in [4.69, 9.17) is 4.52 Å². The lowest BCUT2D eigenvalue weighted by atomic mass is 10.2. The molecule has 124 valence electrons. The lowest BCUT2D eigenvalue weighted by molar-refractivity contribution is 0.0945. The first kappa shape index (κ1) is 16.3. The summed E-state index contributed by atoms with van der Waals surface area (Å²) in [5.41, 5.74) is 2.28. The van der Waals surface area contributed by atoms with Gasteiger partial charge in [-0.1, -0.05) is 12.1 Å². The fraction of sp³-hybridized carbons (Fsp3) is 0.294. The van der Waals surface area contributed by atoms with Crippen LogP contribution in [0.2, 0.25) is 0 Å². The van der Waals surface area contributed by atoms with Crippen molar-refractivity contribution >= 4 is 17.2 Å². The molecule has 3 aromatic rings. The summed E-state index contributed by atoms with van der Waals surface area (Å²) in [6.07, 6.45) is 5.95. The fourth-order valence-electron chi connectivity index (χ4n) is 2.22. The monoisotopic (exact) mass is 342 g/mol. The van der Waals surface area contributed by atoms with Crippen molar-refractivity contribution in [2.75, 3.05) is 6.54 Å². The van der Waals surface area contributed by atoms with Gasteiger partial charge in [-0.15, -0.1) is 11.3 Å². The van der Waals surface area contributed by atoms with Crippen LogP contribution in [-0.4, -0.2) is 27.6 Å². The summed E-state index contributed by atoms with van der Waals surface area (Å²) in [5.74, 6) is 0.520. The van der Waals surface area contributed by atoms with E-state index in [-0.39, 0.29) is 5.91 Å². The molecule has 0 aliphatic heterocycles. The number of rotatable bonds is 7. The number of nitrogens with one attached hydrogen (secondary N) is 1. The summed E-state index contributed by atoms with van der Waals surface area (Å²) in [4.78, 5) is 20.7. The van der Waals surface area contributed by atoms with Crippen molar-refractivity contribution < 1.29 is 9.32 Å². The Balaban J connectivity index is 1.51. The van der Waals surface area contributed by atoms with Crippen LogP contribution in [0, 0.1) is 0 Å². The highest BCUT2D eigenvalue weighted by atomic mass is 32.1. The molecule has 0 aliphatic carbocycles. The molecule has 0 radical (unpaired) electrons. The van der Waals surface area contributed by atoms with Crippen LogP contribution in [0.4, 0.5) is 0 Å². The van der Waals surface area contributed by atoms with Crippen molar-refractivity contribution in [3.8, 4) is 10.6 Å². The third kappa shape index (κ3) is 4.05. The summed E-state index contributed by atoms with van der Waals surface area (Å²) in [5, 5.41) is 9.58. The van der Waals surface area contributed by atoms with Crippen LogP contribution in [0.5, 0.6) is 0 Å². The van der Waals surface area contributed by atoms with Gasteiger partial charge in [0.2, 0.25) is 0 Å². The number of pyridine rings is 1. The summed E-state index contributed by atoms with van der Waals surface area (Å²) in [6.45, 7) is 2.56. The van der Waals surface area contributed by atoms with Gasteiger partial charge >= 0.3 is 0 Å². The smallest absolute Gasteiger partial charge is 0.273 e. The number of hydrogen-bond acceptors (Lipinski definition) is 6. The normalized spacial score (nSPS) is 10.7. The third-order valence-corrected chi connectivity index (χ3v) is 4.36. The lowest BCUT2D eigenvalue weighted by Gasteiger charge is -2.00. The minimum atomic E-state index is -0.219. The zero-order chi connectivity index (χ0) is 16.8. The second-order valence-corrected chi connectivity index (χ2v) is 6.18. The molecule has 0 spiro atoms. The average molecular weight is 342 g/mol. The number of aromatic nitrogens is 3. The van der Waals surface area contributed by atoms with E-state index >= 15 is 0 Å². The Kier molecular flexibility index (Phi) is 5.32. The number of nitrogens with zero attached hydrogens (tertiary/aromatic N) is 3. The van der Waals surface area contributed by atoms with Crippen LogP contribution < -0.4 is 5.32 Å². The first-order valence-corrected chi connectivity index (χ1v) is 8.73. The Labute approximate surface area is 143 Å². The molecule has 3 heterocycles. The van der Waals surface area contributed by atoms with Gasteiger partial charge in [-0.25, -0.2) is 4.98 Å². The van der Waals surface area contributed by atoms with Crippen molar-refractivity contribution in [2.45, 2.75) is 26.2 Å². The van der Waals surface area contributed by atoms with E-state index in [1.807, 2.05) is 17.5 Å². The van der Waals surface area contributed by atoms with E-state index in [1.54, 1.807) is 29.8 Å². The first-order valence-electron chi connectivity index (χ1n) is 7.85.